The van der Waals surface area contributed by atoms with Gasteiger partial charge in [0.2, 0.25) is 0 Å². The van der Waals surface area contributed by atoms with Gasteiger partial charge in [-0.15, -0.1) is 0 Å². The van der Waals surface area contributed by atoms with Crippen molar-refractivity contribution in [3.05, 3.63) is 84.6 Å². The first kappa shape index (κ1) is 13.8. The van der Waals surface area contributed by atoms with E-state index >= 15 is 0 Å². The zero-order chi connectivity index (χ0) is 15.4. The zero-order valence-corrected chi connectivity index (χ0v) is 11.9. The fourth-order valence-electron chi connectivity index (χ4n) is 2.20. The molecule has 2 N–H and O–H groups in total. The van der Waals surface area contributed by atoms with Gasteiger partial charge in [-0.25, -0.2) is 4.98 Å². The van der Waals surface area contributed by atoms with Crippen LogP contribution in [0.2, 0.25) is 0 Å². The molecule has 3 rings (SSSR count). The van der Waals surface area contributed by atoms with E-state index in [1.165, 1.54) is 0 Å². The Morgan fingerprint density at radius 2 is 1.45 bits per heavy atom. The van der Waals surface area contributed by atoms with Gasteiger partial charge in [0.25, 0.3) is 5.91 Å². The van der Waals surface area contributed by atoms with E-state index in [4.69, 9.17) is 5.73 Å². The number of pyridine rings is 1. The second kappa shape index (κ2) is 6.10. The van der Waals surface area contributed by atoms with Gasteiger partial charge in [0.05, 0.1) is 11.9 Å². The van der Waals surface area contributed by atoms with Crippen molar-refractivity contribution in [2.45, 2.75) is 0 Å². The highest BCUT2D eigenvalue weighted by Crippen LogP contribution is 2.27. The Bertz CT molecular complexity index is 755. The molecule has 0 bridgehead atoms. The number of para-hydroxylation sites is 1. The second-order valence-corrected chi connectivity index (χ2v) is 4.78. The monoisotopic (exact) mass is 289 g/mol. The minimum absolute atomic E-state index is 0.113. The number of carbonyl (C=O) groups is 1. The molecule has 0 aliphatic heterocycles. The fraction of sp³-hybridized carbons (Fsp3) is 0. The molecule has 0 unspecified atom stereocenters. The summed E-state index contributed by atoms with van der Waals surface area (Å²) in [6.45, 7) is 0. The van der Waals surface area contributed by atoms with E-state index in [9.17, 15) is 4.79 Å². The number of rotatable bonds is 3. The van der Waals surface area contributed by atoms with E-state index in [1.54, 1.807) is 35.4 Å². The van der Waals surface area contributed by atoms with Crippen LogP contribution in [0.1, 0.15) is 10.4 Å². The fourth-order valence-corrected chi connectivity index (χ4v) is 2.20. The van der Waals surface area contributed by atoms with E-state index in [2.05, 4.69) is 4.98 Å². The zero-order valence-electron chi connectivity index (χ0n) is 11.9. The molecule has 1 aromatic heterocycles. The van der Waals surface area contributed by atoms with Crippen molar-refractivity contribution in [1.82, 2.24) is 4.98 Å². The minimum atomic E-state index is -0.113. The van der Waals surface area contributed by atoms with Crippen LogP contribution in [0, 0.1) is 0 Å². The van der Waals surface area contributed by atoms with Gasteiger partial charge in [0.15, 0.2) is 0 Å². The van der Waals surface area contributed by atoms with Crippen molar-refractivity contribution in [2.75, 3.05) is 10.6 Å². The molecule has 4 heteroatoms. The molecule has 0 fully saturated rings. The maximum atomic E-state index is 12.9. The van der Waals surface area contributed by atoms with Crippen LogP contribution in [-0.2, 0) is 0 Å². The minimum Gasteiger partial charge on any atom is -0.384 e. The van der Waals surface area contributed by atoms with E-state index in [-0.39, 0.29) is 5.91 Å². The number of hydrogen-bond acceptors (Lipinski definition) is 3. The summed E-state index contributed by atoms with van der Waals surface area (Å²) in [7, 11) is 0. The standard InChI is InChI=1S/C18H15N3O/c19-17-12-11-16(13-20-17)21(15-9-5-2-6-10-15)18(22)14-7-3-1-4-8-14/h1-13H,(H2,19,20). The Morgan fingerprint density at radius 3 is 2.05 bits per heavy atom. The van der Waals surface area contributed by atoms with E-state index < -0.39 is 0 Å². The van der Waals surface area contributed by atoms with Crippen LogP contribution >= 0.6 is 0 Å². The molecule has 0 saturated carbocycles. The summed E-state index contributed by atoms with van der Waals surface area (Å²) in [6, 6.07) is 22.1. The molecule has 0 spiro atoms. The topological polar surface area (TPSA) is 59.2 Å². The van der Waals surface area contributed by atoms with E-state index in [0.29, 0.717) is 17.1 Å². The van der Waals surface area contributed by atoms with Crippen molar-refractivity contribution >= 4 is 23.1 Å². The van der Waals surface area contributed by atoms with Crippen LogP contribution in [0.15, 0.2) is 79.0 Å². The lowest BCUT2D eigenvalue weighted by molar-refractivity contribution is 0.0999. The Hall–Kier alpha value is -3.14. The maximum absolute atomic E-state index is 12.9. The number of aromatic nitrogens is 1. The number of benzene rings is 2. The van der Waals surface area contributed by atoms with Gasteiger partial charge in [0.1, 0.15) is 5.82 Å². The summed E-state index contributed by atoms with van der Waals surface area (Å²) in [6.07, 6.45) is 1.60. The van der Waals surface area contributed by atoms with Crippen molar-refractivity contribution in [3.8, 4) is 0 Å². The SMILES string of the molecule is Nc1ccc(N(C(=O)c2ccccc2)c2ccccc2)cn1. The summed E-state index contributed by atoms with van der Waals surface area (Å²) < 4.78 is 0. The summed E-state index contributed by atoms with van der Waals surface area (Å²) in [5, 5.41) is 0. The van der Waals surface area contributed by atoms with Crippen LogP contribution in [0.3, 0.4) is 0 Å². The first-order valence-corrected chi connectivity index (χ1v) is 6.92. The van der Waals surface area contributed by atoms with Gasteiger partial charge in [-0.2, -0.15) is 0 Å². The van der Waals surface area contributed by atoms with Gasteiger partial charge in [-0.05, 0) is 36.4 Å². The van der Waals surface area contributed by atoms with E-state index in [1.807, 2.05) is 48.5 Å². The lowest BCUT2D eigenvalue weighted by atomic mass is 10.1. The average molecular weight is 289 g/mol. The van der Waals surface area contributed by atoms with Crippen LogP contribution in [0.4, 0.5) is 17.2 Å². The first-order valence-electron chi connectivity index (χ1n) is 6.92. The molecule has 0 aliphatic carbocycles. The number of carbonyl (C=O) groups excluding carboxylic acids is 1. The van der Waals surface area contributed by atoms with Gasteiger partial charge in [-0.3, -0.25) is 9.69 Å². The lowest BCUT2D eigenvalue weighted by Crippen LogP contribution is -2.26. The maximum Gasteiger partial charge on any atom is 0.262 e. The molecule has 3 aromatic rings. The summed E-state index contributed by atoms with van der Waals surface area (Å²) >= 11 is 0. The normalized spacial score (nSPS) is 10.2. The predicted octanol–water partition coefficient (Wildman–Crippen LogP) is 3.64. The molecule has 4 nitrogen and oxygen atoms in total. The number of hydrogen-bond donors (Lipinski definition) is 1. The first-order chi connectivity index (χ1) is 10.8. The third kappa shape index (κ3) is 2.81. The molecule has 0 saturated heterocycles. The molecule has 1 heterocycles. The molecule has 108 valence electrons. The molecule has 22 heavy (non-hydrogen) atoms. The number of nitrogens with two attached hydrogens (primary N) is 1. The third-order valence-electron chi connectivity index (χ3n) is 3.27. The highest BCUT2D eigenvalue weighted by atomic mass is 16.2. The average Bonchev–Trinajstić information content (AvgIpc) is 2.58. The number of anilines is 3. The third-order valence-corrected chi connectivity index (χ3v) is 3.27. The summed E-state index contributed by atoms with van der Waals surface area (Å²) in [5.41, 5.74) is 7.71. The molecule has 1 amide bonds. The molecule has 0 atom stereocenters. The number of nitrogen functional groups attached to an aromatic ring is 1. The molecule has 0 radical (unpaired) electrons. The van der Waals surface area contributed by atoms with E-state index in [0.717, 1.165) is 5.69 Å². The predicted molar refractivity (Wildman–Crippen MR) is 88.0 cm³/mol. The largest absolute Gasteiger partial charge is 0.384 e. The lowest BCUT2D eigenvalue weighted by Gasteiger charge is -2.22. The smallest absolute Gasteiger partial charge is 0.262 e. The van der Waals surface area contributed by atoms with Gasteiger partial charge >= 0.3 is 0 Å². The Labute approximate surface area is 128 Å². The van der Waals surface area contributed by atoms with Crippen molar-refractivity contribution in [2.24, 2.45) is 0 Å². The Morgan fingerprint density at radius 1 is 0.818 bits per heavy atom. The highest BCUT2D eigenvalue weighted by Gasteiger charge is 2.19. The summed E-state index contributed by atoms with van der Waals surface area (Å²) in [5.74, 6) is 0.308. The van der Waals surface area contributed by atoms with Crippen LogP contribution < -0.4 is 10.6 Å². The van der Waals surface area contributed by atoms with Crippen molar-refractivity contribution in [3.63, 3.8) is 0 Å². The molecule has 0 aliphatic rings. The number of nitrogens with zero attached hydrogens (tertiary/aromatic N) is 2. The Kier molecular flexibility index (Phi) is 3.83. The molecule has 2 aromatic carbocycles. The number of amides is 1. The van der Waals surface area contributed by atoms with Gasteiger partial charge in [-0.1, -0.05) is 36.4 Å². The van der Waals surface area contributed by atoms with Crippen molar-refractivity contribution < 1.29 is 4.79 Å². The second-order valence-electron chi connectivity index (χ2n) is 4.78. The van der Waals surface area contributed by atoms with Crippen molar-refractivity contribution in [1.29, 1.82) is 0 Å². The van der Waals surface area contributed by atoms with Gasteiger partial charge < -0.3 is 5.73 Å². The van der Waals surface area contributed by atoms with Crippen LogP contribution in [-0.4, -0.2) is 10.9 Å². The van der Waals surface area contributed by atoms with Crippen LogP contribution in [0.25, 0.3) is 0 Å². The molecular formula is C18H15N3O. The summed E-state index contributed by atoms with van der Waals surface area (Å²) in [4.78, 5) is 18.6. The van der Waals surface area contributed by atoms with Gasteiger partial charge in [0, 0.05) is 11.3 Å². The highest BCUT2D eigenvalue weighted by molar-refractivity contribution is 6.10. The Balaban J connectivity index is 2.07. The quantitative estimate of drug-likeness (QED) is 0.800. The van der Waals surface area contributed by atoms with Crippen LogP contribution in [0.5, 0.6) is 0 Å². The molecular weight excluding hydrogens is 274 g/mol.